The average Bonchev–Trinajstić information content (AvgIpc) is 3.05. The van der Waals surface area contributed by atoms with Gasteiger partial charge in [-0.3, -0.25) is 0 Å². The van der Waals surface area contributed by atoms with Crippen LogP contribution >= 0.6 is 11.3 Å². The Morgan fingerprint density at radius 2 is 2.29 bits per heavy atom. The van der Waals surface area contributed by atoms with Crippen LogP contribution in [-0.4, -0.2) is 45.6 Å². The minimum Gasteiger partial charge on any atom is -0.384 e. The third kappa shape index (κ3) is 4.04. The lowest BCUT2D eigenvalue weighted by molar-refractivity contribution is 0.157. The second-order valence-corrected chi connectivity index (χ2v) is 8.62. The molecule has 0 aromatic carbocycles. The van der Waals surface area contributed by atoms with E-state index in [0.29, 0.717) is 43.1 Å². The van der Waals surface area contributed by atoms with Gasteiger partial charge in [0.1, 0.15) is 0 Å². The molecule has 0 spiro atoms. The van der Waals surface area contributed by atoms with Gasteiger partial charge in [0.05, 0.1) is 11.5 Å². The fourth-order valence-electron chi connectivity index (χ4n) is 2.51. The van der Waals surface area contributed by atoms with Crippen molar-refractivity contribution in [2.45, 2.75) is 37.8 Å². The summed E-state index contributed by atoms with van der Waals surface area (Å²) in [5.74, 6) is 0.306. The molecule has 1 N–H and O–H groups in total. The van der Waals surface area contributed by atoms with Gasteiger partial charge in [-0.2, -0.15) is 4.31 Å². The Labute approximate surface area is 131 Å². The van der Waals surface area contributed by atoms with Crippen molar-refractivity contribution in [3.05, 3.63) is 16.3 Å². The molecule has 21 heavy (non-hydrogen) atoms. The van der Waals surface area contributed by atoms with Crippen LogP contribution in [0, 0.1) is 5.92 Å². The highest BCUT2D eigenvalue weighted by Crippen LogP contribution is 2.29. The molecule has 1 aromatic heterocycles. The molecule has 1 aliphatic heterocycles. The molecule has 1 unspecified atom stereocenters. The van der Waals surface area contributed by atoms with Gasteiger partial charge < -0.3 is 10.1 Å². The van der Waals surface area contributed by atoms with Crippen LogP contribution in [0.5, 0.6) is 0 Å². The van der Waals surface area contributed by atoms with Gasteiger partial charge in [0.15, 0.2) is 0 Å². The Morgan fingerprint density at radius 1 is 1.52 bits per heavy atom. The van der Waals surface area contributed by atoms with Crippen LogP contribution in [0.25, 0.3) is 0 Å². The van der Waals surface area contributed by atoms with Crippen molar-refractivity contribution < 1.29 is 13.2 Å². The van der Waals surface area contributed by atoms with E-state index >= 15 is 0 Å². The number of nitrogens with zero attached hydrogens (tertiary/aromatic N) is 1. The topological polar surface area (TPSA) is 58.6 Å². The number of rotatable bonds is 7. The molecular formula is C14H24N2O3S2. The fraction of sp³-hybridized carbons (Fsp3) is 0.714. The lowest BCUT2D eigenvalue weighted by Gasteiger charge is -2.17. The van der Waals surface area contributed by atoms with Crippen molar-refractivity contribution in [2.75, 3.05) is 26.8 Å². The number of methoxy groups -OCH3 is 1. The largest absolute Gasteiger partial charge is 0.384 e. The Balaban J connectivity index is 2.12. The molecule has 1 aliphatic rings. The molecule has 0 bridgehead atoms. The predicted molar refractivity (Wildman–Crippen MR) is 85.0 cm³/mol. The lowest BCUT2D eigenvalue weighted by atomic mass is 10.1. The second-order valence-electron chi connectivity index (χ2n) is 5.72. The summed E-state index contributed by atoms with van der Waals surface area (Å²) < 4.78 is 32.3. The summed E-state index contributed by atoms with van der Waals surface area (Å²) in [4.78, 5) is 1.35. The normalized spacial score (nSPS) is 20.5. The van der Waals surface area contributed by atoms with Gasteiger partial charge in [-0.05, 0) is 23.8 Å². The van der Waals surface area contributed by atoms with Crippen molar-refractivity contribution in [1.29, 1.82) is 0 Å². The first-order valence-corrected chi connectivity index (χ1v) is 9.56. The van der Waals surface area contributed by atoms with Gasteiger partial charge in [0.25, 0.3) is 0 Å². The SMILES string of the molecule is COCC1CCN(S(=O)(=O)c2ccsc2CNC(C)C)C1. The van der Waals surface area contributed by atoms with E-state index in [-0.39, 0.29) is 0 Å². The third-order valence-electron chi connectivity index (χ3n) is 3.64. The Hall–Kier alpha value is -0.470. The Morgan fingerprint density at radius 3 is 2.95 bits per heavy atom. The standard InChI is InChI=1S/C14H24N2O3S2/c1-11(2)15-8-13-14(5-7-20-13)21(17,18)16-6-4-12(9-16)10-19-3/h5,7,11-12,15H,4,6,8-10H2,1-3H3. The third-order valence-corrected chi connectivity index (χ3v) is 6.64. The number of thiophene rings is 1. The maximum absolute atomic E-state index is 12.8. The number of nitrogens with one attached hydrogen (secondary N) is 1. The van der Waals surface area contributed by atoms with Crippen LogP contribution in [0.15, 0.2) is 16.3 Å². The van der Waals surface area contributed by atoms with Crippen molar-refractivity contribution in [3.8, 4) is 0 Å². The Kier molecular flexibility index (Phi) is 5.79. The first-order valence-electron chi connectivity index (χ1n) is 7.24. The number of sulfonamides is 1. The van der Waals surface area contributed by atoms with Gasteiger partial charge in [0, 0.05) is 37.7 Å². The molecule has 7 heteroatoms. The van der Waals surface area contributed by atoms with E-state index in [4.69, 9.17) is 4.74 Å². The number of hydrogen-bond acceptors (Lipinski definition) is 5. The zero-order valence-electron chi connectivity index (χ0n) is 12.8. The number of hydrogen-bond donors (Lipinski definition) is 1. The van der Waals surface area contributed by atoms with Crippen molar-refractivity contribution in [1.82, 2.24) is 9.62 Å². The quantitative estimate of drug-likeness (QED) is 0.828. The smallest absolute Gasteiger partial charge is 0.244 e. The van der Waals surface area contributed by atoms with Crippen molar-refractivity contribution >= 4 is 21.4 Å². The van der Waals surface area contributed by atoms with Gasteiger partial charge >= 0.3 is 0 Å². The maximum Gasteiger partial charge on any atom is 0.244 e. The summed E-state index contributed by atoms with van der Waals surface area (Å²) in [5, 5.41) is 5.14. The molecule has 120 valence electrons. The summed E-state index contributed by atoms with van der Waals surface area (Å²) in [6.07, 6.45) is 0.872. The number of ether oxygens (including phenoxy) is 1. The summed E-state index contributed by atoms with van der Waals surface area (Å²) in [7, 11) is -1.72. The van der Waals surface area contributed by atoms with E-state index in [1.807, 2.05) is 5.38 Å². The molecule has 1 saturated heterocycles. The maximum atomic E-state index is 12.8. The zero-order chi connectivity index (χ0) is 15.5. The van der Waals surface area contributed by atoms with Gasteiger partial charge in [0.2, 0.25) is 10.0 Å². The fourth-order valence-corrected chi connectivity index (χ4v) is 5.41. The first kappa shape index (κ1) is 16.9. The van der Waals surface area contributed by atoms with Crippen LogP contribution in [0.1, 0.15) is 25.1 Å². The van der Waals surface area contributed by atoms with Crippen LogP contribution in [0.2, 0.25) is 0 Å². The van der Waals surface area contributed by atoms with E-state index in [9.17, 15) is 8.42 Å². The summed E-state index contributed by atoms with van der Waals surface area (Å²) in [5.41, 5.74) is 0. The molecule has 2 heterocycles. The highest BCUT2D eigenvalue weighted by atomic mass is 32.2. The van der Waals surface area contributed by atoms with E-state index in [2.05, 4.69) is 19.2 Å². The summed E-state index contributed by atoms with van der Waals surface area (Å²) in [6, 6.07) is 2.06. The minimum absolute atomic E-state index is 0.306. The van der Waals surface area contributed by atoms with Crippen LogP contribution in [0.3, 0.4) is 0 Å². The molecular weight excluding hydrogens is 308 g/mol. The highest BCUT2D eigenvalue weighted by molar-refractivity contribution is 7.89. The molecule has 0 saturated carbocycles. The zero-order valence-corrected chi connectivity index (χ0v) is 14.5. The highest BCUT2D eigenvalue weighted by Gasteiger charge is 2.34. The molecule has 2 rings (SSSR count). The average molecular weight is 332 g/mol. The van der Waals surface area contributed by atoms with E-state index in [1.165, 1.54) is 11.3 Å². The first-order chi connectivity index (χ1) is 9.95. The van der Waals surface area contributed by atoms with Gasteiger partial charge in [-0.1, -0.05) is 13.8 Å². The summed E-state index contributed by atoms with van der Waals surface area (Å²) >= 11 is 1.50. The second kappa shape index (κ2) is 7.19. The minimum atomic E-state index is -3.38. The molecule has 0 radical (unpaired) electrons. The van der Waals surface area contributed by atoms with Crippen molar-refractivity contribution in [3.63, 3.8) is 0 Å². The monoisotopic (exact) mass is 332 g/mol. The van der Waals surface area contributed by atoms with E-state index < -0.39 is 10.0 Å². The van der Waals surface area contributed by atoms with Crippen LogP contribution in [-0.2, 0) is 21.3 Å². The van der Waals surface area contributed by atoms with Crippen LogP contribution < -0.4 is 5.32 Å². The van der Waals surface area contributed by atoms with Crippen LogP contribution in [0.4, 0.5) is 0 Å². The molecule has 0 amide bonds. The summed E-state index contributed by atoms with van der Waals surface area (Å²) in [6.45, 7) is 6.47. The molecule has 1 atom stereocenters. The molecule has 1 aromatic rings. The predicted octanol–water partition coefficient (Wildman–Crippen LogP) is 1.90. The van der Waals surface area contributed by atoms with Gasteiger partial charge in [-0.25, -0.2) is 8.42 Å². The van der Waals surface area contributed by atoms with Crippen molar-refractivity contribution in [2.24, 2.45) is 5.92 Å². The molecule has 5 nitrogen and oxygen atoms in total. The Bertz CT molecular complexity index is 554. The lowest BCUT2D eigenvalue weighted by Crippen LogP contribution is -2.30. The molecule has 0 aliphatic carbocycles. The van der Waals surface area contributed by atoms with Gasteiger partial charge in [-0.15, -0.1) is 11.3 Å². The van der Waals surface area contributed by atoms with E-state index in [0.717, 1.165) is 11.3 Å². The molecule has 1 fully saturated rings. The van der Waals surface area contributed by atoms with E-state index in [1.54, 1.807) is 17.5 Å².